The average molecular weight is 272 g/mol. The van der Waals surface area contributed by atoms with Gasteiger partial charge in [0.15, 0.2) is 0 Å². The van der Waals surface area contributed by atoms with E-state index >= 15 is 0 Å². The molecule has 3 nitrogen and oxygen atoms in total. The van der Waals surface area contributed by atoms with E-state index in [-0.39, 0.29) is 5.97 Å². The molecule has 0 amide bonds. The van der Waals surface area contributed by atoms with Gasteiger partial charge in [-0.05, 0) is 18.2 Å². The van der Waals surface area contributed by atoms with Crippen LogP contribution in [0.25, 0.3) is 20.2 Å². The molecule has 96 valence electrons. The predicted octanol–water partition coefficient (Wildman–Crippen LogP) is 3.85. The van der Waals surface area contributed by atoms with Gasteiger partial charge in [-0.25, -0.2) is 4.79 Å². The van der Waals surface area contributed by atoms with Gasteiger partial charge in [-0.3, -0.25) is 0 Å². The van der Waals surface area contributed by atoms with E-state index in [4.69, 9.17) is 9.47 Å². The number of fused-ring (bicyclic) bond motifs is 3. The second-order valence-electron chi connectivity index (χ2n) is 4.14. The highest BCUT2D eigenvalue weighted by Gasteiger charge is 2.16. The van der Waals surface area contributed by atoms with Crippen molar-refractivity contribution >= 4 is 37.5 Å². The fourth-order valence-corrected chi connectivity index (χ4v) is 3.32. The molecule has 0 fully saturated rings. The predicted molar refractivity (Wildman–Crippen MR) is 77.2 cm³/mol. The molecule has 0 unspecified atom stereocenters. The highest BCUT2D eigenvalue weighted by atomic mass is 32.1. The van der Waals surface area contributed by atoms with Crippen molar-refractivity contribution in [2.45, 2.75) is 0 Å². The molecule has 1 heterocycles. The molecular weight excluding hydrogens is 260 g/mol. The van der Waals surface area contributed by atoms with Gasteiger partial charge in [-0.15, -0.1) is 11.3 Å². The Morgan fingerprint density at radius 2 is 1.84 bits per heavy atom. The van der Waals surface area contributed by atoms with Crippen molar-refractivity contribution in [2.75, 3.05) is 14.2 Å². The fraction of sp³-hybridized carbons (Fsp3) is 0.133. The van der Waals surface area contributed by atoms with Gasteiger partial charge in [0, 0.05) is 20.2 Å². The number of ether oxygens (including phenoxy) is 2. The third kappa shape index (κ3) is 1.85. The molecule has 0 saturated heterocycles. The molecular formula is C15H12O3S. The first-order valence-electron chi connectivity index (χ1n) is 5.82. The molecule has 0 aliphatic rings. The number of rotatable bonds is 2. The van der Waals surface area contributed by atoms with Gasteiger partial charge in [0.1, 0.15) is 11.3 Å². The van der Waals surface area contributed by atoms with E-state index < -0.39 is 0 Å². The van der Waals surface area contributed by atoms with Crippen molar-refractivity contribution in [1.29, 1.82) is 0 Å². The molecule has 3 rings (SSSR count). The Hall–Kier alpha value is -2.07. The molecule has 0 radical (unpaired) electrons. The zero-order valence-electron chi connectivity index (χ0n) is 10.6. The molecule has 4 heteroatoms. The lowest BCUT2D eigenvalue weighted by Crippen LogP contribution is -2.03. The van der Waals surface area contributed by atoms with Crippen LogP contribution in [0.5, 0.6) is 5.75 Å². The summed E-state index contributed by atoms with van der Waals surface area (Å²) in [5.41, 5.74) is 0.462. The molecule has 0 spiro atoms. The van der Waals surface area contributed by atoms with E-state index in [1.165, 1.54) is 17.2 Å². The molecule has 0 saturated carbocycles. The minimum absolute atomic E-state index is 0.379. The van der Waals surface area contributed by atoms with Gasteiger partial charge >= 0.3 is 5.97 Å². The lowest BCUT2D eigenvalue weighted by atomic mass is 10.1. The van der Waals surface area contributed by atoms with Crippen LogP contribution in [0.3, 0.4) is 0 Å². The number of esters is 1. The Bertz CT molecular complexity index is 774. The van der Waals surface area contributed by atoms with Crippen molar-refractivity contribution in [3.05, 3.63) is 42.0 Å². The van der Waals surface area contributed by atoms with Crippen LogP contribution in [0.1, 0.15) is 10.4 Å². The quantitative estimate of drug-likeness (QED) is 0.665. The monoisotopic (exact) mass is 272 g/mol. The molecule has 0 aliphatic heterocycles. The summed E-state index contributed by atoms with van der Waals surface area (Å²) in [6, 6.07) is 11.9. The molecule has 0 N–H and O–H groups in total. The molecule has 0 atom stereocenters. The second kappa shape index (κ2) is 4.55. The van der Waals surface area contributed by atoms with E-state index in [1.54, 1.807) is 18.4 Å². The fourth-order valence-electron chi connectivity index (χ4n) is 2.19. The normalized spacial score (nSPS) is 10.8. The van der Waals surface area contributed by atoms with Gasteiger partial charge < -0.3 is 9.47 Å². The van der Waals surface area contributed by atoms with E-state index in [9.17, 15) is 4.79 Å². The van der Waals surface area contributed by atoms with Crippen LogP contribution in [0.2, 0.25) is 0 Å². The number of benzene rings is 2. The minimum atomic E-state index is -0.379. The molecule has 3 aromatic rings. The summed E-state index contributed by atoms with van der Waals surface area (Å²) in [6.07, 6.45) is 0. The topological polar surface area (TPSA) is 35.5 Å². The summed E-state index contributed by atoms with van der Waals surface area (Å²) in [5.74, 6) is 0.166. The summed E-state index contributed by atoms with van der Waals surface area (Å²) in [7, 11) is 2.93. The molecule has 1 aromatic heterocycles. The van der Waals surface area contributed by atoms with Crippen LogP contribution in [0.4, 0.5) is 0 Å². The molecule has 0 bridgehead atoms. The molecule has 0 aliphatic carbocycles. The Labute approximate surface area is 114 Å². The summed E-state index contributed by atoms with van der Waals surface area (Å²) < 4.78 is 12.3. The summed E-state index contributed by atoms with van der Waals surface area (Å²) in [6.45, 7) is 0. The van der Waals surface area contributed by atoms with Crippen LogP contribution in [-0.2, 0) is 4.74 Å². The number of methoxy groups -OCH3 is 2. The van der Waals surface area contributed by atoms with Gasteiger partial charge in [0.2, 0.25) is 0 Å². The molecule has 2 aromatic carbocycles. The first kappa shape index (κ1) is 12.0. The third-order valence-electron chi connectivity index (χ3n) is 3.10. The largest absolute Gasteiger partial charge is 0.496 e. The SMILES string of the molecule is COC(=O)c1cc2sc3ccccc3c2cc1OC. The van der Waals surface area contributed by atoms with Crippen molar-refractivity contribution in [2.24, 2.45) is 0 Å². The summed E-state index contributed by atoms with van der Waals surface area (Å²) >= 11 is 1.66. The van der Waals surface area contributed by atoms with Crippen molar-refractivity contribution in [3.63, 3.8) is 0 Å². The number of hydrogen-bond donors (Lipinski definition) is 0. The van der Waals surface area contributed by atoms with Crippen LogP contribution in [-0.4, -0.2) is 20.2 Å². The Morgan fingerprint density at radius 3 is 2.58 bits per heavy atom. The Morgan fingerprint density at radius 1 is 1.05 bits per heavy atom. The zero-order chi connectivity index (χ0) is 13.4. The number of hydrogen-bond acceptors (Lipinski definition) is 4. The third-order valence-corrected chi connectivity index (χ3v) is 4.24. The number of carbonyl (C=O) groups is 1. The average Bonchev–Trinajstić information content (AvgIpc) is 2.82. The van der Waals surface area contributed by atoms with Crippen molar-refractivity contribution in [3.8, 4) is 5.75 Å². The van der Waals surface area contributed by atoms with E-state index in [1.807, 2.05) is 24.3 Å². The van der Waals surface area contributed by atoms with E-state index in [2.05, 4.69) is 12.1 Å². The lowest BCUT2D eigenvalue weighted by Gasteiger charge is -2.06. The number of thiophene rings is 1. The van der Waals surface area contributed by atoms with Gasteiger partial charge in [0.05, 0.1) is 14.2 Å². The maximum absolute atomic E-state index is 11.8. The van der Waals surface area contributed by atoms with Crippen LogP contribution in [0.15, 0.2) is 36.4 Å². The minimum Gasteiger partial charge on any atom is -0.496 e. The summed E-state index contributed by atoms with van der Waals surface area (Å²) in [4.78, 5) is 11.8. The van der Waals surface area contributed by atoms with Crippen molar-refractivity contribution in [1.82, 2.24) is 0 Å². The first-order chi connectivity index (χ1) is 9.24. The smallest absolute Gasteiger partial charge is 0.341 e. The summed E-state index contributed by atoms with van der Waals surface area (Å²) in [5, 5.41) is 2.28. The highest BCUT2D eigenvalue weighted by Crippen LogP contribution is 2.37. The Balaban J connectivity index is 2.36. The van der Waals surface area contributed by atoms with E-state index in [0.717, 1.165) is 10.1 Å². The van der Waals surface area contributed by atoms with Gasteiger partial charge in [0.25, 0.3) is 0 Å². The van der Waals surface area contributed by atoms with Crippen molar-refractivity contribution < 1.29 is 14.3 Å². The molecule has 19 heavy (non-hydrogen) atoms. The standard InChI is InChI=1S/C15H12O3S/c1-17-12-7-10-9-5-3-4-6-13(9)19-14(10)8-11(12)15(16)18-2/h3-8H,1-2H3. The maximum Gasteiger partial charge on any atom is 0.341 e. The highest BCUT2D eigenvalue weighted by molar-refractivity contribution is 7.25. The van der Waals surface area contributed by atoms with Crippen LogP contribution < -0.4 is 4.74 Å². The van der Waals surface area contributed by atoms with Crippen LogP contribution >= 0.6 is 11.3 Å². The maximum atomic E-state index is 11.8. The van der Waals surface area contributed by atoms with E-state index in [0.29, 0.717) is 11.3 Å². The number of carbonyl (C=O) groups excluding carboxylic acids is 1. The first-order valence-corrected chi connectivity index (χ1v) is 6.64. The second-order valence-corrected chi connectivity index (χ2v) is 5.22. The Kier molecular flexibility index (Phi) is 2.87. The van der Waals surface area contributed by atoms with Gasteiger partial charge in [-0.2, -0.15) is 0 Å². The lowest BCUT2D eigenvalue weighted by molar-refractivity contribution is 0.0597. The van der Waals surface area contributed by atoms with Gasteiger partial charge in [-0.1, -0.05) is 18.2 Å². The zero-order valence-corrected chi connectivity index (χ0v) is 11.4. The van der Waals surface area contributed by atoms with Crippen LogP contribution in [0, 0.1) is 0 Å².